The van der Waals surface area contributed by atoms with Crippen LogP contribution in [-0.2, 0) is 25.1 Å². The molecule has 48 heavy (non-hydrogen) atoms. The summed E-state index contributed by atoms with van der Waals surface area (Å²) in [5, 5.41) is 29.5. The van der Waals surface area contributed by atoms with Gasteiger partial charge in [-0.3, -0.25) is 4.79 Å². The topological polar surface area (TPSA) is 133 Å². The summed E-state index contributed by atoms with van der Waals surface area (Å²) >= 11 is 0. The molecular weight excluding hydrogens is 600 g/mol. The molecule has 244 valence electrons. The molecule has 0 bridgehead atoms. The van der Waals surface area contributed by atoms with Crippen molar-refractivity contribution < 1.29 is 14.9 Å². The van der Waals surface area contributed by atoms with E-state index >= 15 is 0 Å². The molecule has 0 radical (unpaired) electrons. The lowest BCUT2D eigenvalue weighted by Crippen LogP contribution is -2.35. The number of aromatic nitrogens is 1. The molecule has 0 unspecified atom stereocenters. The van der Waals surface area contributed by atoms with Gasteiger partial charge in [0.15, 0.2) is 0 Å². The van der Waals surface area contributed by atoms with E-state index in [2.05, 4.69) is 70.2 Å². The van der Waals surface area contributed by atoms with Gasteiger partial charge in [-0.15, -0.1) is 0 Å². The van der Waals surface area contributed by atoms with Crippen molar-refractivity contribution in [3.8, 4) is 22.6 Å². The second kappa shape index (κ2) is 14.6. The summed E-state index contributed by atoms with van der Waals surface area (Å²) in [6.07, 6.45) is 0.931. The molecule has 5 aromatic carbocycles. The van der Waals surface area contributed by atoms with Crippen LogP contribution in [0.4, 0.5) is 11.4 Å². The Hall–Kier alpha value is -5.41. The number of fused-ring (bicyclic) bond motifs is 1. The van der Waals surface area contributed by atoms with Crippen LogP contribution in [0.5, 0.6) is 11.5 Å². The third-order valence-electron chi connectivity index (χ3n) is 8.72. The Morgan fingerprint density at radius 1 is 0.792 bits per heavy atom. The number of aliphatic hydroxyl groups is 1. The highest BCUT2D eigenvalue weighted by Gasteiger charge is 2.30. The standard InChI is InChI=1S/C40H40N4O4/c1-48-37-18-14-32(23-34(37)30-9-5-8-29(22-30)25-42-24-28-6-3-2-4-7-28)43-31-12-10-27(11-13-31)20-21-40(47,26-41)35-16-17-36(45)39-33(35)15-19-38(46)44-39/h2-19,22-23,42-43,45,47H,20-21,24-26,41H2,1H3,(H,44,46)/t40-/m0/s1. The van der Waals surface area contributed by atoms with Crippen LogP contribution in [0, 0.1) is 0 Å². The Morgan fingerprint density at radius 2 is 1.54 bits per heavy atom. The zero-order valence-corrected chi connectivity index (χ0v) is 26.9. The van der Waals surface area contributed by atoms with E-state index in [1.807, 2.05) is 42.5 Å². The van der Waals surface area contributed by atoms with Crippen LogP contribution in [0.3, 0.4) is 0 Å². The van der Waals surface area contributed by atoms with Crippen molar-refractivity contribution in [3.63, 3.8) is 0 Å². The third kappa shape index (κ3) is 7.42. The van der Waals surface area contributed by atoms with Crippen LogP contribution < -0.4 is 26.7 Å². The number of aromatic hydroxyl groups is 1. The lowest BCUT2D eigenvalue weighted by Gasteiger charge is -2.28. The quantitative estimate of drug-likeness (QED) is 0.0826. The van der Waals surface area contributed by atoms with E-state index in [-0.39, 0.29) is 23.4 Å². The van der Waals surface area contributed by atoms with Crippen LogP contribution in [0.25, 0.3) is 22.0 Å². The molecule has 8 heteroatoms. The molecule has 6 rings (SSSR count). The number of nitrogens with two attached hydrogens (primary N) is 1. The molecule has 6 aromatic rings. The zero-order chi connectivity index (χ0) is 33.5. The van der Waals surface area contributed by atoms with Crippen LogP contribution >= 0.6 is 0 Å². The summed E-state index contributed by atoms with van der Waals surface area (Å²) in [6, 6.07) is 39.1. The minimum absolute atomic E-state index is 0.0153. The van der Waals surface area contributed by atoms with Crippen molar-refractivity contribution in [3.05, 3.63) is 154 Å². The van der Waals surface area contributed by atoms with Crippen molar-refractivity contribution in [2.45, 2.75) is 31.5 Å². The number of nitrogens with one attached hydrogen (secondary N) is 3. The minimum Gasteiger partial charge on any atom is -0.506 e. The highest BCUT2D eigenvalue weighted by molar-refractivity contribution is 5.88. The molecule has 0 aliphatic heterocycles. The Kier molecular flexibility index (Phi) is 9.87. The molecule has 0 saturated carbocycles. The predicted octanol–water partition coefficient (Wildman–Crippen LogP) is 6.72. The van der Waals surface area contributed by atoms with Gasteiger partial charge < -0.3 is 36.3 Å². The Bertz CT molecular complexity index is 2060. The van der Waals surface area contributed by atoms with Crippen LogP contribution in [0.2, 0.25) is 0 Å². The van der Waals surface area contributed by atoms with E-state index < -0.39 is 5.60 Å². The van der Waals surface area contributed by atoms with Crippen LogP contribution in [0.15, 0.2) is 126 Å². The number of hydrogen-bond donors (Lipinski definition) is 6. The van der Waals surface area contributed by atoms with Gasteiger partial charge in [0, 0.05) is 48.0 Å². The third-order valence-corrected chi connectivity index (χ3v) is 8.72. The van der Waals surface area contributed by atoms with Gasteiger partial charge in [-0.1, -0.05) is 66.7 Å². The SMILES string of the molecule is COc1ccc(Nc2ccc(CC[C@](O)(CN)c3ccc(O)c4[nH]c(=O)ccc34)cc2)cc1-c1cccc(CNCc2ccccc2)c1. The highest BCUT2D eigenvalue weighted by Crippen LogP contribution is 2.36. The molecule has 0 fully saturated rings. The van der Waals surface area contributed by atoms with Gasteiger partial charge in [-0.2, -0.15) is 0 Å². The van der Waals surface area contributed by atoms with Crippen LogP contribution in [-0.4, -0.2) is 28.9 Å². The number of rotatable bonds is 13. The number of anilines is 2. The summed E-state index contributed by atoms with van der Waals surface area (Å²) in [6.45, 7) is 1.54. The number of ether oxygens (including phenoxy) is 1. The second-order valence-corrected chi connectivity index (χ2v) is 12.0. The van der Waals surface area contributed by atoms with Gasteiger partial charge in [-0.25, -0.2) is 0 Å². The number of hydrogen-bond acceptors (Lipinski definition) is 7. The maximum Gasteiger partial charge on any atom is 0.248 e. The molecule has 0 aliphatic carbocycles. The van der Waals surface area contributed by atoms with Crippen molar-refractivity contribution in [1.82, 2.24) is 10.3 Å². The van der Waals surface area contributed by atoms with Crippen molar-refractivity contribution in [2.75, 3.05) is 19.0 Å². The smallest absolute Gasteiger partial charge is 0.248 e. The average Bonchev–Trinajstić information content (AvgIpc) is 3.12. The fraction of sp³-hybridized carbons (Fsp3) is 0.175. The Morgan fingerprint density at radius 3 is 2.31 bits per heavy atom. The number of benzene rings is 5. The lowest BCUT2D eigenvalue weighted by molar-refractivity contribution is 0.0384. The monoisotopic (exact) mass is 640 g/mol. The fourth-order valence-electron chi connectivity index (χ4n) is 6.07. The maximum absolute atomic E-state index is 11.8. The first kappa shape index (κ1) is 32.5. The molecule has 0 aliphatic rings. The predicted molar refractivity (Wildman–Crippen MR) is 193 cm³/mol. The lowest BCUT2D eigenvalue weighted by atomic mass is 9.85. The maximum atomic E-state index is 11.8. The van der Waals surface area contributed by atoms with Gasteiger partial charge >= 0.3 is 0 Å². The first-order valence-corrected chi connectivity index (χ1v) is 16.0. The van der Waals surface area contributed by atoms with Crippen molar-refractivity contribution in [2.24, 2.45) is 5.73 Å². The van der Waals surface area contributed by atoms with Gasteiger partial charge in [0.25, 0.3) is 0 Å². The van der Waals surface area contributed by atoms with E-state index in [0.717, 1.165) is 46.9 Å². The van der Waals surface area contributed by atoms with Gasteiger partial charge in [0.1, 0.15) is 17.1 Å². The van der Waals surface area contributed by atoms with Gasteiger partial charge in [0.2, 0.25) is 5.56 Å². The Labute approximate surface area is 279 Å². The van der Waals surface area contributed by atoms with E-state index in [9.17, 15) is 15.0 Å². The molecule has 7 N–H and O–H groups in total. The number of H-pyrrole nitrogens is 1. The first-order valence-electron chi connectivity index (χ1n) is 16.0. The van der Waals surface area contributed by atoms with E-state index in [4.69, 9.17) is 10.5 Å². The average molecular weight is 641 g/mol. The summed E-state index contributed by atoms with van der Waals surface area (Å²) < 4.78 is 5.73. The van der Waals surface area contributed by atoms with Gasteiger partial charge in [-0.05, 0) is 89.2 Å². The van der Waals surface area contributed by atoms with Crippen molar-refractivity contribution in [1.29, 1.82) is 0 Å². The van der Waals surface area contributed by atoms with Gasteiger partial charge in [0.05, 0.1) is 12.6 Å². The highest BCUT2D eigenvalue weighted by atomic mass is 16.5. The van der Waals surface area contributed by atoms with E-state index in [0.29, 0.717) is 23.8 Å². The number of aryl methyl sites for hydroxylation is 1. The van der Waals surface area contributed by atoms with Crippen molar-refractivity contribution >= 4 is 22.3 Å². The van der Waals surface area contributed by atoms with E-state index in [1.165, 1.54) is 23.3 Å². The summed E-state index contributed by atoms with van der Waals surface area (Å²) in [5.74, 6) is 0.740. The number of phenolic OH excluding ortho intramolecular Hbond substituents is 1. The summed E-state index contributed by atoms with van der Waals surface area (Å²) in [5.41, 5.74) is 12.7. The number of methoxy groups -OCH3 is 1. The number of phenols is 1. The van der Waals surface area contributed by atoms with Crippen LogP contribution in [0.1, 0.15) is 28.7 Å². The second-order valence-electron chi connectivity index (χ2n) is 12.0. The molecule has 0 amide bonds. The minimum atomic E-state index is -1.35. The zero-order valence-electron chi connectivity index (χ0n) is 26.9. The summed E-state index contributed by atoms with van der Waals surface area (Å²) in [7, 11) is 1.69. The molecule has 1 aromatic heterocycles. The normalized spacial score (nSPS) is 12.5. The molecular formula is C40H40N4O4. The molecule has 0 spiro atoms. The largest absolute Gasteiger partial charge is 0.506 e. The molecule has 1 heterocycles. The number of aromatic amines is 1. The Balaban J connectivity index is 1.13. The molecule has 0 saturated heterocycles. The van der Waals surface area contributed by atoms with E-state index in [1.54, 1.807) is 19.2 Å². The number of pyridine rings is 1. The molecule has 8 nitrogen and oxygen atoms in total. The summed E-state index contributed by atoms with van der Waals surface area (Å²) in [4.78, 5) is 14.5. The molecule has 1 atom stereocenters. The fourth-order valence-corrected chi connectivity index (χ4v) is 6.07. The first-order chi connectivity index (χ1) is 23.3.